The molecule has 0 unspecified atom stereocenters. The van der Waals surface area contributed by atoms with Gasteiger partial charge in [-0.2, -0.15) is 5.10 Å². The SMILES string of the molecule is O=C(CC(=O)NC1CCCCC1)NN=Cc1ccc([N+](=O)[O-])cc1. The third-order valence-corrected chi connectivity index (χ3v) is 3.80. The van der Waals surface area contributed by atoms with Gasteiger partial charge in [0.1, 0.15) is 6.42 Å². The molecule has 1 aromatic carbocycles. The summed E-state index contributed by atoms with van der Waals surface area (Å²) in [6, 6.07) is 5.90. The predicted molar refractivity (Wildman–Crippen MR) is 88.5 cm³/mol. The molecule has 0 bridgehead atoms. The second-order valence-electron chi connectivity index (χ2n) is 5.72. The van der Waals surface area contributed by atoms with Crippen LogP contribution in [-0.2, 0) is 9.59 Å². The first-order valence-electron chi connectivity index (χ1n) is 7.90. The molecule has 1 saturated carbocycles. The van der Waals surface area contributed by atoms with Crippen LogP contribution >= 0.6 is 0 Å². The van der Waals surface area contributed by atoms with Gasteiger partial charge in [-0.1, -0.05) is 19.3 Å². The van der Waals surface area contributed by atoms with Crippen molar-refractivity contribution in [1.29, 1.82) is 0 Å². The minimum absolute atomic E-state index is 0.0180. The number of nitro groups is 1. The number of carbonyl (C=O) groups excluding carboxylic acids is 2. The Morgan fingerprint density at radius 3 is 2.46 bits per heavy atom. The van der Waals surface area contributed by atoms with Crippen molar-refractivity contribution in [3.05, 3.63) is 39.9 Å². The molecule has 0 saturated heterocycles. The van der Waals surface area contributed by atoms with E-state index >= 15 is 0 Å². The number of hydrogen-bond donors (Lipinski definition) is 2. The molecular weight excluding hydrogens is 312 g/mol. The molecule has 0 heterocycles. The lowest BCUT2D eigenvalue weighted by Gasteiger charge is -2.22. The summed E-state index contributed by atoms with van der Waals surface area (Å²) in [5.41, 5.74) is 2.86. The molecule has 1 aromatic rings. The Bertz CT molecular complexity index is 621. The van der Waals surface area contributed by atoms with Gasteiger partial charge in [0.05, 0.1) is 11.1 Å². The van der Waals surface area contributed by atoms with Gasteiger partial charge in [0, 0.05) is 18.2 Å². The van der Waals surface area contributed by atoms with Gasteiger partial charge in [-0.3, -0.25) is 19.7 Å². The summed E-state index contributed by atoms with van der Waals surface area (Å²) >= 11 is 0. The third-order valence-electron chi connectivity index (χ3n) is 3.80. The Kier molecular flexibility index (Phi) is 6.41. The smallest absolute Gasteiger partial charge is 0.269 e. The van der Waals surface area contributed by atoms with Crippen molar-refractivity contribution in [2.45, 2.75) is 44.6 Å². The standard InChI is InChI=1S/C16H20N4O4/c21-15(18-13-4-2-1-3-5-13)10-16(22)19-17-11-12-6-8-14(9-7-12)20(23)24/h6-9,11,13H,1-5,10H2,(H,18,21)(H,19,22). The second kappa shape index (κ2) is 8.76. The van der Waals surface area contributed by atoms with E-state index in [9.17, 15) is 19.7 Å². The van der Waals surface area contributed by atoms with Gasteiger partial charge < -0.3 is 5.32 Å². The maximum Gasteiger partial charge on any atom is 0.269 e. The van der Waals surface area contributed by atoms with Crippen molar-refractivity contribution in [2.75, 3.05) is 0 Å². The minimum atomic E-state index is -0.499. The third kappa shape index (κ3) is 5.79. The topological polar surface area (TPSA) is 114 Å². The van der Waals surface area contributed by atoms with Crippen molar-refractivity contribution in [3.63, 3.8) is 0 Å². The van der Waals surface area contributed by atoms with Crippen molar-refractivity contribution in [2.24, 2.45) is 5.10 Å². The Hall–Kier alpha value is -2.77. The maximum absolute atomic E-state index is 11.8. The Balaban J connectivity index is 1.73. The first kappa shape index (κ1) is 17.6. The quantitative estimate of drug-likeness (QED) is 0.358. The van der Waals surface area contributed by atoms with E-state index in [1.165, 1.54) is 36.9 Å². The summed E-state index contributed by atoms with van der Waals surface area (Å²) < 4.78 is 0. The number of hydrogen-bond acceptors (Lipinski definition) is 5. The molecule has 2 rings (SSSR count). The van der Waals surface area contributed by atoms with E-state index < -0.39 is 10.8 Å². The van der Waals surface area contributed by atoms with Gasteiger partial charge in [0.2, 0.25) is 11.8 Å². The van der Waals surface area contributed by atoms with Crippen LogP contribution in [0.1, 0.15) is 44.1 Å². The van der Waals surface area contributed by atoms with Crippen LogP contribution in [0.4, 0.5) is 5.69 Å². The maximum atomic E-state index is 11.8. The van der Waals surface area contributed by atoms with E-state index in [0.29, 0.717) is 5.56 Å². The molecule has 8 nitrogen and oxygen atoms in total. The molecule has 128 valence electrons. The molecule has 0 spiro atoms. The normalized spacial score (nSPS) is 15.2. The zero-order valence-corrected chi connectivity index (χ0v) is 13.2. The fourth-order valence-electron chi connectivity index (χ4n) is 2.57. The fraction of sp³-hybridized carbons (Fsp3) is 0.438. The lowest BCUT2D eigenvalue weighted by atomic mass is 9.95. The molecular formula is C16H20N4O4. The fourth-order valence-corrected chi connectivity index (χ4v) is 2.57. The zero-order chi connectivity index (χ0) is 17.4. The van der Waals surface area contributed by atoms with Gasteiger partial charge in [-0.15, -0.1) is 0 Å². The highest BCUT2D eigenvalue weighted by molar-refractivity contribution is 5.97. The van der Waals surface area contributed by atoms with Gasteiger partial charge in [-0.25, -0.2) is 5.43 Å². The number of nitrogens with zero attached hydrogens (tertiary/aromatic N) is 2. The molecule has 24 heavy (non-hydrogen) atoms. The van der Waals surface area contributed by atoms with E-state index in [4.69, 9.17) is 0 Å². The van der Waals surface area contributed by atoms with E-state index in [-0.39, 0.29) is 24.1 Å². The zero-order valence-electron chi connectivity index (χ0n) is 13.2. The highest BCUT2D eigenvalue weighted by Crippen LogP contribution is 2.17. The first-order chi connectivity index (χ1) is 11.5. The molecule has 0 aliphatic heterocycles. The summed E-state index contributed by atoms with van der Waals surface area (Å²) in [6.07, 6.45) is 6.43. The number of rotatable bonds is 6. The van der Waals surface area contributed by atoms with Crippen LogP contribution in [0.2, 0.25) is 0 Å². The summed E-state index contributed by atoms with van der Waals surface area (Å²) in [6.45, 7) is 0. The van der Waals surface area contributed by atoms with Crippen molar-refractivity contribution >= 4 is 23.7 Å². The van der Waals surface area contributed by atoms with E-state index in [1.807, 2.05) is 0 Å². The summed E-state index contributed by atoms with van der Waals surface area (Å²) in [5, 5.41) is 17.1. The van der Waals surface area contributed by atoms with Gasteiger partial charge in [-0.05, 0) is 30.5 Å². The predicted octanol–water partition coefficient (Wildman–Crippen LogP) is 1.88. The number of nitrogens with one attached hydrogen (secondary N) is 2. The second-order valence-corrected chi connectivity index (χ2v) is 5.72. The van der Waals surface area contributed by atoms with Gasteiger partial charge in [0.15, 0.2) is 0 Å². The Morgan fingerprint density at radius 1 is 1.17 bits per heavy atom. The van der Waals surface area contributed by atoms with E-state index in [2.05, 4.69) is 15.8 Å². The molecule has 8 heteroatoms. The molecule has 0 aromatic heterocycles. The van der Waals surface area contributed by atoms with Crippen molar-refractivity contribution < 1.29 is 14.5 Å². The van der Waals surface area contributed by atoms with Crippen LogP contribution in [0.25, 0.3) is 0 Å². The number of nitro benzene ring substituents is 1. The summed E-state index contributed by atoms with van der Waals surface area (Å²) in [4.78, 5) is 33.5. The van der Waals surface area contributed by atoms with Crippen LogP contribution in [0, 0.1) is 10.1 Å². The Labute approximate surface area is 139 Å². The highest BCUT2D eigenvalue weighted by atomic mass is 16.6. The largest absolute Gasteiger partial charge is 0.353 e. The number of carbonyl (C=O) groups is 2. The molecule has 0 atom stereocenters. The van der Waals surface area contributed by atoms with Crippen LogP contribution < -0.4 is 10.7 Å². The molecule has 1 aliphatic carbocycles. The molecule has 2 amide bonds. The van der Waals surface area contributed by atoms with Gasteiger partial charge in [0.25, 0.3) is 5.69 Å². The molecule has 0 radical (unpaired) electrons. The van der Waals surface area contributed by atoms with Crippen LogP contribution in [0.15, 0.2) is 29.4 Å². The number of non-ortho nitro benzene ring substituents is 1. The lowest BCUT2D eigenvalue weighted by Crippen LogP contribution is -2.38. The average molecular weight is 332 g/mol. The molecule has 2 N–H and O–H groups in total. The van der Waals surface area contributed by atoms with Crippen molar-refractivity contribution in [3.8, 4) is 0 Å². The van der Waals surface area contributed by atoms with Crippen LogP contribution in [-0.4, -0.2) is 29.0 Å². The molecule has 1 fully saturated rings. The summed E-state index contributed by atoms with van der Waals surface area (Å²) in [5.74, 6) is -0.800. The monoisotopic (exact) mass is 332 g/mol. The molecule has 1 aliphatic rings. The number of hydrazone groups is 1. The van der Waals surface area contributed by atoms with E-state index in [1.54, 1.807) is 0 Å². The Morgan fingerprint density at radius 2 is 1.83 bits per heavy atom. The van der Waals surface area contributed by atoms with Crippen LogP contribution in [0.5, 0.6) is 0 Å². The van der Waals surface area contributed by atoms with Crippen molar-refractivity contribution in [1.82, 2.24) is 10.7 Å². The van der Waals surface area contributed by atoms with Gasteiger partial charge >= 0.3 is 0 Å². The van der Waals surface area contributed by atoms with E-state index in [0.717, 1.165) is 25.7 Å². The average Bonchev–Trinajstić information content (AvgIpc) is 2.56. The first-order valence-corrected chi connectivity index (χ1v) is 7.90. The minimum Gasteiger partial charge on any atom is -0.353 e. The summed E-state index contributed by atoms with van der Waals surface area (Å²) in [7, 11) is 0. The lowest BCUT2D eigenvalue weighted by molar-refractivity contribution is -0.384. The number of benzene rings is 1. The highest BCUT2D eigenvalue weighted by Gasteiger charge is 2.17. The van der Waals surface area contributed by atoms with Crippen LogP contribution in [0.3, 0.4) is 0 Å². The number of amides is 2.